The third-order valence-electron chi connectivity index (χ3n) is 2.63. The molecule has 6 heteroatoms. The largest absolute Gasteiger partial charge is 0.325 e. The van der Waals surface area contributed by atoms with Crippen molar-refractivity contribution >= 4 is 46.5 Å². The van der Waals surface area contributed by atoms with E-state index in [-0.39, 0.29) is 6.03 Å². The van der Waals surface area contributed by atoms with Crippen LogP contribution in [0.1, 0.15) is 12.8 Å². The van der Waals surface area contributed by atoms with Crippen molar-refractivity contribution in [1.29, 1.82) is 0 Å². The molecule has 0 radical (unpaired) electrons. The van der Waals surface area contributed by atoms with Crippen LogP contribution in [0.4, 0.5) is 10.5 Å². The molecule has 1 aromatic carbocycles. The Labute approximate surface area is 115 Å². The number of carbonyl (C=O) groups is 1. The van der Waals surface area contributed by atoms with Gasteiger partial charge in [-0.1, -0.05) is 34.8 Å². The Balaban J connectivity index is 2.15. The van der Waals surface area contributed by atoms with Crippen LogP contribution < -0.4 is 5.32 Å². The summed E-state index contributed by atoms with van der Waals surface area (Å²) in [6.45, 7) is 1.54. The fourth-order valence-corrected chi connectivity index (χ4v) is 2.68. The maximum Gasteiger partial charge on any atom is 0.321 e. The number of halogens is 3. The summed E-state index contributed by atoms with van der Waals surface area (Å²) in [4.78, 5) is 13.6. The maximum atomic E-state index is 11.9. The van der Waals surface area contributed by atoms with Gasteiger partial charge in [0.2, 0.25) is 0 Å². The van der Waals surface area contributed by atoms with Crippen LogP contribution in [0.5, 0.6) is 0 Å². The Morgan fingerprint density at radius 1 is 1.12 bits per heavy atom. The zero-order valence-electron chi connectivity index (χ0n) is 8.97. The molecule has 1 saturated heterocycles. The van der Waals surface area contributed by atoms with Gasteiger partial charge in [0.05, 0.1) is 15.7 Å². The first-order valence-electron chi connectivity index (χ1n) is 5.28. The van der Waals surface area contributed by atoms with E-state index in [1.807, 2.05) is 0 Å². The van der Waals surface area contributed by atoms with Gasteiger partial charge in [0.15, 0.2) is 0 Å². The molecule has 1 aromatic rings. The van der Waals surface area contributed by atoms with Gasteiger partial charge >= 0.3 is 6.03 Å². The number of nitrogens with one attached hydrogen (secondary N) is 1. The van der Waals surface area contributed by atoms with Crippen molar-refractivity contribution in [3.8, 4) is 0 Å². The first-order valence-corrected chi connectivity index (χ1v) is 6.42. The lowest BCUT2D eigenvalue weighted by molar-refractivity contribution is 0.222. The fraction of sp³-hybridized carbons (Fsp3) is 0.364. The highest BCUT2D eigenvalue weighted by Gasteiger charge is 2.19. The molecule has 0 unspecified atom stereocenters. The van der Waals surface area contributed by atoms with Crippen molar-refractivity contribution in [2.24, 2.45) is 0 Å². The molecule has 0 aromatic heterocycles. The minimum Gasteiger partial charge on any atom is -0.325 e. The molecule has 1 fully saturated rings. The number of rotatable bonds is 1. The van der Waals surface area contributed by atoms with Gasteiger partial charge < -0.3 is 10.2 Å². The molecule has 1 aliphatic rings. The molecular formula is C11H11Cl3N2O. The third-order valence-corrected chi connectivity index (χ3v) is 3.45. The topological polar surface area (TPSA) is 32.3 Å². The van der Waals surface area contributed by atoms with Crippen LogP contribution in [-0.2, 0) is 0 Å². The van der Waals surface area contributed by atoms with Crippen LogP contribution in [0.15, 0.2) is 12.1 Å². The van der Waals surface area contributed by atoms with E-state index in [1.165, 1.54) is 0 Å². The second kappa shape index (κ2) is 5.34. The maximum absolute atomic E-state index is 11.9. The predicted octanol–water partition coefficient (Wildman–Crippen LogP) is 4.27. The van der Waals surface area contributed by atoms with Gasteiger partial charge in [0.1, 0.15) is 0 Å². The molecule has 0 aliphatic carbocycles. The molecule has 0 bridgehead atoms. The van der Waals surface area contributed by atoms with Gasteiger partial charge in [-0.05, 0) is 25.0 Å². The first-order chi connectivity index (χ1) is 8.08. The highest BCUT2D eigenvalue weighted by Crippen LogP contribution is 2.33. The van der Waals surface area contributed by atoms with Crippen molar-refractivity contribution in [2.75, 3.05) is 18.4 Å². The summed E-state index contributed by atoms with van der Waals surface area (Å²) in [6, 6.07) is 2.93. The number of amides is 2. The number of nitrogens with zero attached hydrogens (tertiary/aromatic N) is 1. The number of anilines is 1. The Morgan fingerprint density at radius 2 is 1.65 bits per heavy atom. The Hall–Kier alpha value is -0.640. The van der Waals surface area contributed by atoms with Crippen LogP contribution in [0.2, 0.25) is 15.1 Å². The number of benzene rings is 1. The van der Waals surface area contributed by atoms with Crippen LogP contribution >= 0.6 is 34.8 Å². The minimum absolute atomic E-state index is 0.173. The molecule has 2 amide bonds. The zero-order chi connectivity index (χ0) is 12.4. The van der Waals surface area contributed by atoms with E-state index in [0.717, 1.165) is 25.9 Å². The molecule has 1 aliphatic heterocycles. The summed E-state index contributed by atoms with van der Waals surface area (Å²) in [7, 11) is 0. The number of hydrogen-bond donors (Lipinski definition) is 1. The van der Waals surface area contributed by atoms with Crippen molar-refractivity contribution < 1.29 is 4.79 Å². The van der Waals surface area contributed by atoms with Crippen molar-refractivity contribution in [3.63, 3.8) is 0 Å². The van der Waals surface area contributed by atoms with E-state index in [2.05, 4.69) is 5.32 Å². The van der Waals surface area contributed by atoms with Crippen LogP contribution in [0.3, 0.4) is 0 Å². The monoisotopic (exact) mass is 292 g/mol. The van der Waals surface area contributed by atoms with Gasteiger partial charge in [-0.15, -0.1) is 0 Å². The Bertz CT molecular complexity index is 421. The Kier molecular flexibility index (Phi) is 4.02. The second-order valence-electron chi connectivity index (χ2n) is 3.87. The molecule has 1 N–H and O–H groups in total. The number of hydrogen-bond acceptors (Lipinski definition) is 1. The summed E-state index contributed by atoms with van der Waals surface area (Å²) < 4.78 is 0. The van der Waals surface area contributed by atoms with E-state index in [0.29, 0.717) is 20.8 Å². The van der Waals surface area contributed by atoms with E-state index in [1.54, 1.807) is 17.0 Å². The minimum atomic E-state index is -0.173. The first kappa shape index (κ1) is 12.8. The average Bonchev–Trinajstić information content (AvgIpc) is 2.76. The van der Waals surface area contributed by atoms with Gasteiger partial charge in [-0.2, -0.15) is 0 Å². The van der Waals surface area contributed by atoms with Crippen LogP contribution in [-0.4, -0.2) is 24.0 Å². The van der Waals surface area contributed by atoms with E-state index in [4.69, 9.17) is 34.8 Å². The molecule has 0 atom stereocenters. The number of urea groups is 1. The standard InChI is InChI=1S/C11H11Cl3N2O/c12-7-5-8(13)10(9(14)6-7)15-11(17)16-3-1-2-4-16/h5-6H,1-4H2,(H,15,17). The molecule has 3 nitrogen and oxygen atoms in total. The van der Waals surface area contributed by atoms with Gasteiger partial charge in [0, 0.05) is 18.1 Å². The van der Waals surface area contributed by atoms with E-state index >= 15 is 0 Å². The number of likely N-dealkylation sites (tertiary alicyclic amines) is 1. The predicted molar refractivity (Wildman–Crippen MR) is 71.3 cm³/mol. The highest BCUT2D eigenvalue weighted by atomic mass is 35.5. The lowest BCUT2D eigenvalue weighted by Crippen LogP contribution is -2.32. The highest BCUT2D eigenvalue weighted by molar-refractivity contribution is 6.42. The van der Waals surface area contributed by atoms with E-state index in [9.17, 15) is 4.79 Å². The van der Waals surface area contributed by atoms with Crippen molar-refractivity contribution in [1.82, 2.24) is 4.90 Å². The molecule has 92 valence electrons. The Morgan fingerprint density at radius 3 is 2.18 bits per heavy atom. The molecule has 0 saturated carbocycles. The second-order valence-corrected chi connectivity index (χ2v) is 5.12. The normalized spacial score (nSPS) is 15.1. The summed E-state index contributed by atoms with van der Waals surface area (Å²) in [5.41, 5.74) is 0.412. The number of carbonyl (C=O) groups excluding carboxylic acids is 1. The molecule has 17 heavy (non-hydrogen) atoms. The molecular weight excluding hydrogens is 282 g/mol. The van der Waals surface area contributed by atoms with Gasteiger partial charge in [-0.25, -0.2) is 4.79 Å². The molecule has 2 rings (SSSR count). The van der Waals surface area contributed by atoms with Gasteiger partial charge in [0.25, 0.3) is 0 Å². The summed E-state index contributed by atoms with van der Waals surface area (Å²) in [5.74, 6) is 0. The van der Waals surface area contributed by atoms with E-state index < -0.39 is 0 Å². The fourth-order valence-electron chi connectivity index (χ4n) is 1.77. The average molecular weight is 294 g/mol. The third kappa shape index (κ3) is 2.97. The molecule has 0 spiro atoms. The van der Waals surface area contributed by atoms with Crippen LogP contribution in [0.25, 0.3) is 0 Å². The lowest BCUT2D eigenvalue weighted by atomic mass is 10.3. The summed E-state index contributed by atoms with van der Waals surface area (Å²) in [6.07, 6.45) is 2.07. The van der Waals surface area contributed by atoms with Crippen LogP contribution in [0, 0.1) is 0 Å². The quantitative estimate of drug-likeness (QED) is 0.824. The zero-order valence-corrected chi connectivity index (χ0v) is 11.2. The summed E-state index contributed by atoms with van der Waals surface area (Å²) >= 11 is 17.8. The van der Waals surface area contributed by atoms with Gasteiger partial charge in [-0.3, -0.25) is 0 Å². The molecule has 1 heterocycles. The van der Waals surface area contributed by atoms with Crippen molar-refractivity contribution in [3.05, 3.63) is 27.2 Å². The lowest BCUT2D eigenvalue weighted by Gasteiger charge is -2.17. The smallest absolute Gasteiger partial charge is 0.321 e. The SMILES string of the molecule is O=C(Nc1c(Cl)cc(Cl)cc1Cl)N1CCCC1. The van der Waals surface area contributed by atoms with Crippen molar-refractivity contribution in [2.45, 2.75) is 12.8 Å². The summed E-state index contributed by atoms with van der Waals surface area (Å²) in [5, 5.41) is 3.84.